The van der Waals surface area contributed by atoms with Crippen molar-refractivity contribution in [2.24, 2.45) is 5.92 Å². The zero-order valence-corrected chi connectivity index (χ0v) is 26.0. The summed E-state index contributed by atoms with van der Waals surface area (Å²) in [4.78, 5) is 25.2. The molecule has 5 nitrogen and oxygen atoms in total. The van der Waals surface area contributed by atoms with Gasteiger partial charge in [-0.1, -0.05) is 97.1 Å². The Labute approximate surface area is 252 Å². The second-order valence-corrected chi connectivity index (χ2v) is 11.5. The maximum Gasteiger partial charge on any atom is 0.343 e. The average Bonchev–Trinajstić information content (AvgIpc) is 3.01. The molecular formula is C37H50O5. The smallest absolute Gasteiger partial charge is 0.343 e. The molecule has 0 aromatic heterocycles. The third-order valence-corrected chi connectivity index (χ3v) is 7.89. The summed E-state index contributed by atoms with van der Waals surface area (Å²) < 4.78 is 16.9. The van der Waals surface area contributed by atoms with E-state index in [4.69, 9.17) is 14.2 Å². The number of ether oxygens (including phenoxy) is 3. The first-order chi connectivity index (χ1) is 20.5. The Balaban J connectivity index is 1.38. The highest BCUT2D eigenvalue weighted by Crippen LogP contribution is 2.24. The van der Waals surface area contributed by atoms with Crippen LogP contribution in [0, 0.1) is 5.92 Å². The molecule has 0 heterocycles. The quantitative estimate of drug-likeness (QED) is 0.0763. The topological polar surface area (TPSA) is 61.8 Å². The minimum Gasteiger partial charge on any atom is -0.494 e. The van der Waals surface area contributed by atoms with Crippen LogP contribution in [0.3, 0.4) is 0 Å². The summed E-state index contributed by atoms with van der Waals surface area (Å²) in [6.45, 7) is 7.76. The predicted molar refractivity (Wildman–Crippen MR) is 172 cm³/mol. The fourth-order valence-corrected chi connectivity index (χ4v) is 4.93. The highest BCUT2D eigenvalue weighted by Gasteiger charge is 2.12. The molecule has 1 atom stereocenters. The summed E-state index contributed by atoms with van der Waals surface area (Å²) in [5.74, 6) is 1.12. The van der Waals surface area contributed by atoms with Gasteiger partial charge in [-0.05, 0) is 84.5 Å². The van der Waals surface area contributed by atoms with Crippen LogP contribution in [0.2, 0.25) is 0 Å². The van der Waals surface area contributed by atoms with Gasteiger partial charge >= 0.3 is 11.9 Å². The molecule has 0 saturated carbocycles. The average molecular weight is 575 g/mol. The molecular weight excluding hydrogens is 524 g/mol. The van der Waals surface area contributed by atoms with Crippen LogP contribution >= 0.6 is 0 Å². The molecule has 0 unspecified atom stereocenters. The standard InChI is InChI=1S/C37H50O5/c1-4-6-7-8-9-10-11-12-13-14-25-40-34-22-19-30(20-23-34)37(39)42-35-24-21-31-27-33(18-17-32(31)28-35)36(38)41-26-15-16-29(3)5-2/h17-24,27-29H,4-16,25-26H2,1-3H3/t29-/m1/s1. The zero-order valence-electron chi connectivity index (χ0n) is 26.0. The van der Waals surface area contributed by atoms with E-state index in [9.17, 15) is 9.59 Å². The van der Waals surface area contributed by atoms with Crippen molar-refractivity contribution in [3.05, 3.63) is 71.8 Å². The highest BCUT2D eigenvalue weighted by molar-refractivity contribution is 5.96. The predicted octanol–water partition coefficient (Wildman–Crippen LogP) is 10.3. The summed E-state index contributed by atoms with van der Waals surface area (Å²) in [5, 5.41) is 1.76. The van der Waals surface area contributed by atoms with E-state index >= 15 is 0 Å². The molecule has 0 N–H and O–H groups in total. The molecule has 0 aliphatic carbocycles. The SMILES string of the molecule is CCCCCCCCCCCCOc1ccc(C(=O)Oc2ccc3cc(C(=O)OCCC[C@H](C)CC)ccc3c2)cc1. The number of esters is 2. The number of carbonyl (C=O) groups is 2. The summed E-state index contributed by atoms with van der Waals surface area (Å²) in [6.07, 6.45) is 16.0. The summed E-state index contributed by atoms with van der Waals surface area (Å²) in [7, 11) is 0. The lowest BCUT2D eigenvalue weighted by Crippen LogP contribution is -2.08. The minimum atomic E-state index is -0.423. The molecule has 3 aromatic carbocycles. The van der Waals surface area contributed by atoms with Gasteiger partial charge in [-0.3, -0.25) is 0 Å². The summed E-state index contributed by atoms with van der Waals surface area (Å²) in [5.41, 5.74) is 0.985. The van der Waals surface area contributed by atoms with Crippen molar-refractivity contribution in [2.75, 3.05) is 13.2 Å². The Morgan fingerprint density at radius 2 is 1.21 bits per heavy atom. The lowest BCUT2D eigenvalue weighted by molar-refractivity contribution is 0.0494. The fraction of sp³-hybridized carbons (Fsp3) is 0.514. The van der Waals surface area contributed by atoms with Crippen LogP contribution in [-0.4, -0.2) is 25.2 Å². The fourth-order valence-electron chi connectivity index (χ4n) is 4.93. The molecule has 0 fully saturated rings. The van der Waals surface area contributed by atoms with E-state index in [2.05, 4.69) is 20.8 Å². The van der Waals surface area contributed by atoms with Crippen LogP contribution < -0.4 is 9.47 Å². The van der Waals surface area contributed by atoms with E-state index in [0.717, 1.165) is 42.2 Å². The van der Waals surface area contributed by atoms with Crippen molar-refractivity contribution >= 4 is 22.7 Å². The molecule has 0 saturated heterocycles. The Hall–Kier alpha value is -3.34. The second kappa shape index (κ2) is 19.0. The number of unbranched alkanes of at least 4 members (excludes halogenated alkanes) is 9. The Kier molecular flexibility index (Phi) is 15.0. The van der Waals surface area contributed by atoms with Crippen molar-refractivity contribution in [3.8, 4) is 11.5 Å². The van der Waals surface area contributed by atoms with Gasteiger partial charge in [0.25, 0.3) is 0 Å². The molecule has 0 amide bonds. The van der Waals surface area contributed by atoms with Crippen LogP contribution in [0.1, 0.15) is 125 Å². The van der Waals surface area contributed by atoms with Crippen molar-refractivity contribution in [2.45, 2.75) is 104 Å². The molecule has 228 valence electrons. The Bertz CT molecular complexity index is 1220. The first-order valence-corrected chi connectivity index (χ1v) is 16.2. The number of carbonyl (C=O) groups excluding carboxylic acids is 2. The zero-order chi connectivity index (χ0) is 30.0. The summed E-state index contributed by atoms with van der Waals surface area (Å²) >= 11 is 0. The van der Waals surface area contributed by atoms with E-state index in [1.165, 1.54) is 57.8 Å². The number of fused-ring (bicyclic) bond motifs is 1. The van der Waals surface area contributed by atoms with Gasteiger partial charge in [0.05, 0.1) is 24.3 Å². The lowest BCUT2D eigenvalue weighted by atomic mass is 10.0. The normalized spacial score (nSPS) is 11.8. The number of hydrogen-bond donors (Lipinski definition) is 0. The lowest BCUT2D eigenvalue weighted by Gasteiger charge is -2.10. The van der Waals surface area contributed by atoms with E-state index in [0.29, 0.717) is 36.0 Å². The molecule has 0 bridgehead atoms. The highest BCUT2D eigenvalue weighted by atomic mass is 16.5. The first kappa shape index (κ1) is 33.2. The van der Waals surface area contributed by atoms with E-state index < -0.39 is 5.97 Å². The maximum absolute atomic E-state index is 12.7. The molecule has 0 aliphatic heterocycles. The first-order valence-electron chi connectivity index (χ1n) is 16.2. The molecule has 0 spiro atoms. The molecule has 3 rings (SSSR count). The van der Waals surface area contributed by atoms with Gasteiger partial charge in [0.15, 0.2) is 0 Å². The van der Waals surface area contributed by atoms with E-state index in [1.807, 2.05) is 30.3 Å². The van der Waals surface area contributed by atoms with Gasteiger partial charge in [0.1, 0.15) is 11.5 Å². The van der Waals surface area contributed by atoms with Gasteiger partial charge in [0, 0.05) is 0 Å². The summed E-state index contributed by atoms with van der Waals surface area (Å²) in [6, 6.07) is 17.9. The number of hydrogen-bond acceptors (Lipinski definition) is 5. The maximum atomic E-state index is 12.7. The van der Waals surface area contributed by atoms with Crippen molar-refractivity contribution in [1.29, 1.82) is 0 Å². The van der Waals surface area contributed by atoms with Gasteiger partial charge in [0.2, 0.25) is 0 Å². The largest absolute Gasteiger partial charge is 0.494 e. The van der Waals surface area contributed by atoms with Crippen LogP contribution in [0.5, 0.6) is 11.5 Å². The third kappa shape index (κ3) is 11.9. The molecule has 0 radical (unpaired) electrons. The third-order valence-electron chi connectivity index (χ3n) is 7.89. The van der Waals surface area contributed by atoms with Crippen LogP contribution in [0.25, 0.3) is 10.8 Å². The second-order valence-electron chi connectivity index (χ2n) is 11.5. The van der Waals surface area contributed by atoms with E-state index in [-0.39, 0.29) is 5.97 Å². The van der Waals surface area contributed by atoms with Gasteiger partial charge in [-0.15, -0.1) is 0 Å². The number of benzene rings is 3. The molecule has 0 aliphatic rings. The molecule has 5 heteroatoms. The minimum absolute atomic E-state index is 0.313. The van der Waals surface area contributed by atoms with Crippen molar-refractivity contribution in [1.82, 2.24) is 0 Å². The van der Waals surface area contributed by atoms with Crippen LogP contribution in [0.4, 0.5) is 0 Å². The van der Waals surface area contributed by atoms with E-state index in [1.54, 1.807) is 30.3 Å². The van der Waals surface area contributed by atoms with Crippen molar-refractivity contribution < 1.29 is 23.8 Å². The van der Waals surface area contributed by atoms with Crippen LogP contribution in [-0.2, 0) is 4.74 Å². The van der Waals surface area contributed by atoms with Gasteiger partial charge in [-0.2, -0.15) is 0 Å². The van der Waals surface area contributed by atoms with Gasteiger partial charge in [-0.25, -0.2) is 9.59 Å². The molecule has 42 heavy (non-hydrogen) atoms. The van der Waals surface area contributed by atoms with Crippen molar-refractivity contribution in [3.63, 3.8) is 0 Å². The van der Waals surface area contributed by atoms with Crippen LogP contribution in [0.15, 0.2) is 60.7 Å². The number of rotatable bonds is 20. The molecule has 3 aromatic rings. The monoisotopic (exact) mass is 574 g/mol. The van der Waals surface area contributed by atoms with Gasteiger partial charge < -0.3 is 14.2 Å². The Morgan fingerprint density at radius 3 is 1.90 bits per heavy atom. The Morgan fingerprint density at radius 1 is 0.619 bits per heavy atom.